The van der Waals surface area contributed by atoms with Crippen molar-refractivity contribution in [1.82, 2.24) is 9.97 Å². The minimum absolute atomic E-state index is 0. The zero-order valence-electron chi connectivity index (χ0n) is 8.96. The maximum atomic E-state index is 8.24. The molecule has 0 aliphatic heterocycles. The molecule has 1 heterocycles. The molecular formula is C8H8N2O8Tb. The zero-order valence-corrected chi connectivity index (χ0v) is 11.1. The predicted molar refractivity (Wildman–Crippen MR) is 55.3 cm³/mol. The van der Waals surface area contributed by atoms with Gasteiger partial charge in [0.15, 0.2) is 0 Å². The van der Waals surface area contributed by atoms with Gasteiger partial charge in [0.1, 0.15) is 0 Å². The summed E-state index contributed by atoms with van der Waals surface area (Å²) in [5.41, 5.74) is 0. The smallest absolute Gasteiger partial charge is 0.665 e. The fourth-order valence-electron chi connectivity index (χ4n) is 0.253. The van der Waals surface area contributed by atoms with Crippen molar-refractivity contribution < 1.29 is 78.2 Å². The molecule has 1 aromatic rings. The molecule has 0 saturated heterocycles. The van der Waals surface area contributed by atoms with Crippen molar-refractivity contribution in [1.29, 1.82) is 0 Å². The SMILES string of the molecule is O=[C-]O.O=[C-]O.O=[C-]O.O=[C-]O.[Tb+4].c1cnccn1. The maximum Gasteiger partial charge on any atom is 4.00 e. The van der Waals surface area contributed by atoms with Crippen molar-refractivity contribution >= 4 is 25.9 Å². The number of rotatable bonds is 0. The van der Waals surface area contributed by atoms with E-state index in [0.717, 1.165) is 0 Å². The van der Waals surface area contributed by atoms with Crippen LogP contribution in [0.5, 0.6) is 0 Å². The monoisotopic (exact) mass is 419 g/mol. The molecule has 4 N–H and O–H groups in total. The van der Waals surface area contributed by atoms with Crippen LogP contribution in [0.3, 0.4) is 0 Å². The molecule has 0 bridgehead atoms. The topological polar surface area (TPSA) is 175 Å². The molecule has 0 fully saturated rings. The van der Waals surface area contributed by atoms with Gasteiger partial charge in [0.25, 0.3) is 0 Å². The zero-order chi connectivity index (χ0) is 15.1. The molecule has 107 valence electrons. The average Bonchev–Trinajstić information content (AvgIpc) is 2.35. The van der Waals surface area contributed by atoms with E-state index in [1.54, 1.807) is 24.8 Å². The molecule has 19 heavy (non-hydrogen) atoms. The Morgan fingerprint density at radius 3 is 0.737 bits per heavy atom. The second-order valence-corrected chi connectivity index (χ2v) is 1.26. The Labute approximate surface area is 138 Å². The van der Waals surface area contributed by atoms with Crippen LogP contribution in [0.2, 0.25) is 0 Å². The predicted octanol–water partition coefficient (Wildman–Crippen LogP) is -1.08. The fourth-order valence-corrected chi connectivity index (χ4v) is 0.253. The molecule has 0 amide bonds. The number of aromatic nitrogens is 2. The van der Waals surface area contributed by atoms with Crippen molar-refractivity contribution in [3.8, 4) is 0 Å². The summed E-state index contributed by atoms with van der Waals surface area (Å²) in [6, 6.07) is 0. The van der Waals surface area contributed by atoms with Gasteiger partial charge in [0, 0.05) is 24.8 Å². The van der Waals surface area contributed by atoms with Crippen LogP contribution >= 0.6 is 0 Å². The minimum atomic E-state index is 0. The quantitative estimate of drug-likeness (QED) is 0.379. The summed E-state index contributed by atoms with van der Waals surface area (Å²) in [4.78, 5) is 40.4. The van der Waals surface area contributed by atoms with Crippen molar-refractivity contribution in [2.45, 2.75) is 0 Å². The summed E-state index contributed by atoms with van der Waals surface area (Å²) in [6.07, 6.45) is 6.56. The molecule has 0 aromatic carbocycles. The summed E-state index contributed by atoms with van der Waals surface area (Å²) < 4.78 is 0. The van der Waals surface area contributed by atoms with E-state index in [0.29, 0.717) is 25.9 Å². The Kier molecular flexibility index (Phi) is 88.7. The van der Waals surface area contributed by atoms with E-state index in [1.807, 2.05) is 0 Å². The minimum Gasteiger partial charge on any atom is -0.665 e. The molecule has 0 saturated carbocycles. The summed E-state index contributed by atoms with van der Waals surface area (Å²) in [5.74, 6) is 0. The molecule has 0 unspecified atom stereocenters. The van der Waals surface area contributed by atoms with Crippen LogP contribution in [0, 0.1) is 38.6 Å². The molecule has 1 aromatic heterocycles. The Bertz CT molecular complexity index is 211. The van der Waals surface area contributed by atoms with Gasteiger partial charge in [0.05, 0.1) is 0 Å². The Morgan fingerprint density at radius 1 is 0.579 bits per heavy atom. The van der Waals surface area contributed by atoms with E-state index in [9.17, 15) is 0 Å². The number of hydrogen-bond donors (Lipinski definition) is 4. The van der Waals surface area contributed by atoms with Gasteiger partial charge in [-0.2, -0.15) is 0 Å². The van der Waals surface area contributed by atoms with Crippen molar-refractivity contribution in [2.24, 2.45) is 0 Å². The van der Waals surface area contributed by atoms with Gasteiger partial charge in [-0.05, 0) is 0 Å². The Morgan fingerprint density at radius 2 is 0.684 bits per heavy atom. The molecule has 1 radical (unpaired) electrons. The van der Waals surface area contributed by atoms with Gasteiger partial charge >= 0.3 is 38.6 Å². The first-order chi connectivity index (χ1) is 8.66. The molecule has 11 heteroatoms. The van der Waals surface area contributed by atoms with Gasteiger partial charge in [0.2, 0.25) is 0 Å². The fraction of sp³-hybridized carbons (Fsp3) is 0. The number of aliphatic hydroxyl groups excluding tert-OH is 4. The standard InChI is InChI=1S/C4H4N2.4CHO2.Tb/c1-2-6-4-3-5-1;4*2-1-3;/h1-4H;4*(H,2,3);/q;4*-1;+4. The molecule has 0 aliphatic rings. The molecule has 0 aliphatic carbocycles. The molecular weight excluding hydrogens is 411 g/mol. The third-order valence-electron chi connectivity index (χ3n) is 0.478. The van der Waals surface area contributed by atoms with E-state index in [1.165, 1.54) is 0 Å². The Balaban J connectivity index is -0.0000000449. The van der Waals surface area contributed by atoms with Gasteiger partial charge in [-0.25, -0.2) is 0 Å². The summed E-state index contributed by atoms with van der Waals surface area (Å²) >= 11 is 0. The van der Waals surface area contributed by atoms with Crippen LogP contribution in [-0.2, 0) is 19.2 Å². The molecule has 10 nitrogen and oxygen atoms in total. The molecule has 0 spiro atoms. The number of nitrogens with zero attached hydrogens (tertiary/aromatic N) is 2. The van der Waals surface area contributed by atoms with E-state index in [4.69, 9.17) is 39.6 Å². The van der Waals surface area contributed by atoms with Crippen LogP contribution in [0.1, 0.15) is 0 Å². The van der Waals surface area contributed by atoms with Gasteiger partial charge in [-0.15, -0.1) is 0 Å². The van der Waals surface area contributed by atoms with Gasteiger partial charge in [-0.3, -0.25) is 9.97 Å². The second kappa shape index (κ2) is 55.5. The van der Waals surface area contributed by atoms with E-state index < -0.39 is 0 Å². The van der Waals surface area contributed by atoms with Crippen LogP contribution in [-0.4, -0.2) is 56.3 Å². The van der Waals surface area contributed by atoms with Crippen LogP contribution in [0.15, 0.2) is 24.8 Å². The van der Waals surface area contributed by atoms with Crippen LogP contribution in [0.4, 0.5) is 0 Å². The van der Waals surface area contributed by atoms with E-state index in [-0.39, 0.29) is 38.6 Å². The summed E-state index contributed by atoms with van der Waals surface area (Å²) in [5, 5.41) is 27.1. The summed E-state index contributed by atoms with van der Waals surface area (Å²) in [7, 11) is 0. The van der Waals surface area contributed by atoms with Crippen molar-refractivity contribution in [3.05, 3.63) is 24.8 Å². The third-order valence-corrected chi connectivity index (χ3v) is 0.478. The third kappa shape index (κ3) is 183. The largest absolute Gasteiger partial charge is 4.00 e. The van der Waals surface area contributed by atoms with Gasteiger partial charge in [-0.1, -0.05) is 25.9 Å². The first kappa shape index (κ1) is 30.4. The molecule has 1 rings (SSSR count). The van der Waals surface area contributed by atoms with E-state index >= 15 is 0 Å². The van der Waals surface area contributed by atoms with Crippen LogP contribution < -0.4 is 0 Å². The first-order valence-electron chi connectivity index (χ1n) is 3.41. The average molecular weight is 419 g/mol. The first-order valence-corrected chi connectivity index (χ1v) is 3.41. The number of hydrogen-bond acceptors (Lipinski definition) is 6. The van der Waals surface area contributed by atoms with Crippen molar-refractivity contribution in [3.63, 3.8) is 0 Å². The van der Waals surface area contributed by atoms with Crippen molar-refractivity contribution in [2.75, 3.05) is 0 Å². The maximum absolute atomic E-state index is 8.24. The summed E-state index contributed by atoms with van der Waals surface area (Å²) in [6.45, 7) is 2.00. The normalized spacial score (nSPS) is 5.05. The molecule has 0 atom stereocenters. The Hall–Kier alpha value is -1.75. The van der Waals surface area contributed by atoms with Crippen LogP contribution in [0.25, 0.3) is 0 Å². The van der Waals surface area contributed by atoms with Gasteiger partial charge < -0.3 is 39.6 Å². The second-order valence-electron chi connectivity index (χ2n) is 1.26. The van der Waals surface area contributed by atoms with E-state index in [2.05, 4.69) is 9.97 Å².